The summed E-state index contributed by atoms with van der Waals surface area (Å²) in [6.07, 6.45) is 0.741. The van der Waals surface area contributed by atoms with E-state index in [2.05, 4.69) is 0 Å². The van der Waals surface area contributed by atoms with Crippen LogP contribution in [0.15, 0.2) is 17.0 Å². The third-order valence-corrected chi connectivity index (χ3v) is 5.41. The minimum absolute atomic E-state index is 0.0102. The van der Waals surface area contributed by atoms with Crippen LogP contribution in [0.1, 0.15) is 36.2 Å². The maximum Gasteiger partial charge on any atom is 0.336 e. The number of hydrogen-bond donors (Lipinski definition) is 1. The molecule has 0 spiro atoms. The lowest BCUT2D eigenvalue weighted by molar-refractivity contribution is 0.0696. The zero-order valence-electron chi connectivity index (χ0n) is 11.1. The van der Waals surface area contributed by atoms with Gasteiger partial charge < -0.3 is 5.11 Å². The molecule has 1 atom stereocenters. The Kier molecular flexibility index (Phi) is 4.98. The van der Waals surface area contributed by atoms with E-state index in [4.69, 9.17) is 16.7 Å². The van der Waals surface area contributed by atoms with Crippen molar-refractivity contribution in [3.05, 3.63) is 28.3 Å². The lowest BCUT2D eigenvalue weighted by Gasteiger charge is -2.13. The van der Waals surface area contributed by atoms with Crippen molar-refractivity contribution in [3.8, 4) is 0 Å². The third kappa shape index (κ3) is 3.70. The zero-order valence-corrected chi connectivity index (χ0v) is 12.7. The molecule has 0 fully saturated rings. The minimum Gasteiger partial charge on any atom is -0.478 e. The predicted octanol–water partition coefficient (Wildman–Crippen LogP) is 3.17. The van der Waals surface area contributed by atoms with Crippen molar-refractivity contribution in [1.82, 2.24) is 0 Å². The summed E-state index contributed by atoms with van der Waals surface area (Å²) < 4.78 is 24.6. The van der Waals surface area contributed by atoms with Crippen molar-refractivity contribution in [2.45, 2.75) is 32.1 Å². The summed E-state index contributed by atoms with van der Waals surface area (Å²) in [5, 5.41) is 9.17. The Labute approximate surface area is 118 Å². The Morgan fingerprint density at radius 2 is 2.00 bits per heavy atom. The van der Waals surface area contributed by atoms with Gasteiger partial charge in [-0.2, -0.15) is 0 Å². The second kappa shape index (κ2) is 5.92. The molecule has 0 heterocycles. The van der Waals surface area contributed by atoms with Gasteiger partial charge in [0.05, 0.1) is 16.2 Å². The van der Waals surface area contributed by atoms with Gasteiger partial charge in [0.1, 0.15) is 0 Å². The molecule has 0 aliphatic rings. The minimum atomic E-state index is -3.53. The number of carboxylic acid groups (broad SMARTS) is 1. The highest BCUT2D eigenvalue weighted by Crippen LogP contribution is 2.26. The van der Waals surface area contributed by atoms with Crippen molar-refractivity contribution >= 4 is 27.4 Å². The molecular formula is C13H17ClO4S. The van der Waals surface area contributed by atoms with E-state index in [1.807, 2.05) is 13.8 Å². The van der Waals surface area contributed by atoms with Gasteiger partial charge in [0.25, 0.3) is 0 Å². The molecule has 1 aromatic carbocycles. The molecule has 4 nitrogen and oxygen atoms in total. The summed E-state index contributed by atoms with van der Waals surface area (Å²) in [5.74, 6) is -1.18. The highest BCUT2D eigenvalue weighted by atomic mass is 35.5. The van der Waals surface area contributed by atoms with Crippen molar-refractivity contribution in [2.24, 2.45) is 5.92 Å². The highest BCUT2D eigenvalue weighted by Gasteiger charge is 2.23. The monoisotopic (exact) mass is 304 g/mol. The summed E-state index contributed by atoms with van der Waals surface area (Å²) in [4.78, 5) is 11.1. The predicted molar refractivity (Wildman–Crippen MR) is 74.7 cm³/mol. The van der Waals surface area contributed by atoms with Crippen molar-refractivity contribution in [1.29, 1.82) is 0 Å². The number of sulfone groups is 1. The SMILES string of the molecule is CCC(C)CS(=O)(=O)c1cc(Cl)cc(C(=O)O)c1C. The topological polar surface area (TPSA) is 71.4 Å². The number of rotatable bonds is 5. The van der Waals surface area contributed by atoms with Crippen molar-refractivity contribution < 1.29 is 18.3 Å². The van der Waals surface area contributed by atoms with Crippen molar-refractivity contribution in [3.63, 3.8) is 0 Å². The van der Waals surface area contributed by atoms with E-state index in [1.165, 1.54) is 19.1 Å². The Balaban J connectivity index is 3.39. The second-order valence-electron chi connectivity index (χ2n) is 4.68. The average molecular weight is 305 g/mol. The molecule has 1 aromatic rings. The molecular weight excluding hydrogens is 288 g/mol. The molecule has 0 saturated carbocycles. The van der Waals surface area contributed by atoms with Crippen LogP contribution in [0.25, 0.3) is 0 Å². The first kappa shape index (κ1) is 16.0. The van der Waals surface area contributed by atoms with Crippen LogP contribution >= 0.6 is 11.6 Å². The largest absolute Gasteiger partial charge is 0.478 e. The van der Waals surface area contributed by atoms with Crippen LogP contribution < -0.4 is 0 Å². The molecule has 0 aromatic heterocycles. The fourth-order valence-electron chi connectivity index (χ4n) is 1.78. The first-order valence-electron chi connectivity index (χ1n) is 5.95. The van der Waals surface area contributed by atoms with Crippen LogP contribution in [0.3, 0.4) is 0 Å². The van der Waals surface area contributed by atoms with E-state index in [1.54, 1.807) is 0 Å². The molecule has 1 rings (SSSR count). The number of benzene rings is 1. The zero-order chi connectivity index (χ0) is 14.8. The van der Waals surface area contributed by atoms with E-state index in [0.717, 1.165) is 6.42 Å². The average Bonchev–Trinajstić information content (AvgIpc) is 2.30. The molecule has 6 heteroatoms. The summed E-state index contributed by atoms with van der Waals surface area (Å²) in [6.45, 7) is 5.24. The molecule has 1 unspecified atom stereocenters. The van der Waals surface area contributed by atoms with E-state index >= 15 is 0 Å². The number of carbonyl (C=O) groups is 1. The van der Waals surface area contributed by atoms with Crippen LogP contribution in [-0.2, 0) is 9.84 Å². The van der Waals surface area contributed by atoms with Crippen molar-refractivity contribution in [2.75, 3.05) is 5.75 Å². The Morgan fingerprint density at radius 3 is 2.47 bits per heavy atom. The summed E-state index contributed by atoms with van der Waals surface area (Å²) >= 11 is 5.81. The van der Waals surface area contributed by atoms with Crippen LogP contribution in [0.4, 0.5) is 0 Å². The molecule has 0 aliphatic heterocycles. The van der Waals surface area contributed by atoms with Gasteiger partial charge in [0.2, 0.25) is 0 Å². The summed E-state index contributed by atoms with van der Waals surface area (Å²) in [5.41, 5.74) is 0.162. The van der Waals surface area contributed by atoms with Crippen LogP contribution in [0, 0.1) is 12.8 Å². The van der Waals surface area contributed by atoms with Gasteiger partial charge in [-0.1, -0.05) is 31.9 Å². The smallest absolute Gasteiger partial charge is 0.336 e. The van der Waals surface area contributed by atoms with E-state index < -0.39 is 15.8 Å². The normalized spacial score (nSPS) is 13.3. The summed E-state index contributed by atoms with van der Waals surface area (Å²) in [7, 11) is -3.53. The number of carboxylic acids is 1. The summed E-state index contributed by atoms with van der Waals surface area (Å²) in [6, 6.07) is 2.59. The first-order valence-corrected chi connectivity index (χ1v) is 7.98. The van der Waals surface area contributed by atoms with Gasteiger partial charge in [0, 0.05) is 5.02 Å². The van der Waals surface area contributed by atoms with E-state index in [9.17, 15) is 13.2 Å². The van der Waals surface area contributed by atoms with E-state index in [-0.39, 0.29) is 32.7 Å². The van der Waals surface area contributed by atoms with Gasteiger partial charge in [0.15, 0.2) is 9.84 Å². The fraction of sp³-hybridized carbons (Fsp3) is 0.462. The fourth-order valence-corrected chi connectivity index (χ4v) is 4.11. The lowest BCUT2D eigenvalue weighted by Crippen LogP contribution is -2.16. The standard InChI is InChI=1S/C13H17ClO4S/c1-4-8(2)7-19(17,18)12-6-10(14)5-11(9(12)3)13(15)16/h5-6,8H,4,7H2,1-3H3,(H,15,16). The molecule has 19 heavy (non-hydrogen) atoms. The molecule has 106 valence electrons. The van der Waals surface area contributed by atoms with E-state index in [0.29, 0.717) is 0 Å². The Hall–Kier alpha value is -1.07. The Morgan fingerprint density at radius 1 is 1.42 bits per heavy atom. The van der Waals surface area contributed by atoms with Gasteiger partial charge in [-0.3, -0.25) is 0 Å². The maximum absolute atomic E-state index is 12.3. The molecule has 1 N–H and O–H groups in total. The van der Waals surface area contributed by atoms with Crippen LogP contribution in [0.5, 0.6) is 0 Å². The molecule has 0 saturated heterocycles. The third-order valence-electron chi connectivity index (χ3n) is 3.09. The molecule has 0 aliphatic carbocycles. The Bertz CT molecular complexity index is 593. The van der Waals surface area contributed by atoms with Gasteiger partial charge in [-0.15, -0.1) is 0 Å². The second-order valence-corrected chi connectivity index (χ2v) is 7.12. The van der Waals surface area contributed by atoms with Gasteiger partial charge >= 0.3 is 5.97 Å². The van der Waals surface area contributed by atoms with Gasteiger partial charge in [-0.25, -0.2) is 13.2 Å². The number of hydrogen-bond acceptors (Lipinski definition) is 3. The maximum atomic E-state index is 12.3. The molecule has 0 bridgehead atoms. The first-order chi connectivity index (χ1) is 8.69. The van der Waals surface area contributed by atoms with Crippen LogP contribution in [0.2, 0.25) is 5.02 Å². The molecule has 0 radical (unpaired) electrons. The number of halogens is 1. The molecule has 0 amide bonds. The van der Waals surface area contributed by atoms with Crippen LogP contribution in [-0.4, -0.2) is 25.2 Å². The lowest BCUT2D eigenvalue weighted by atomic mass is 10.1. The highest BCUT2D eigenvalue weighted by molar-refractivity contribution is 7.91. The van der Waals surface area contributed by atoms with Gasteiger partial charge in [-0.05, 0) is 30.5 Å². The number of aromatic carboxylic acids is 1. The quantitative estimate of drug-likeness (QED) is 0.907.